The van der Waals surface area contributed by atoms with Crippen LogP contribution in [-0.4, -0.2) is 30.4 Å². The van der Waals surface area contributed by atoms with Gasteiger partial charge in [0.15, 0.2) is 5.78 Å². The number of hydrogen-bond acceptors (Lipinski definition) is 3. The highest BCUT2D eigenvalue weighted by Crippen LogP contribution is 2.21. The highest BCUT2D eigenvalue weighted by molar-refractivity contribution is 5.94. The van der Waals surface area contributed by atoms with E-state index in [1.165, 1.54) is 24.8 Å². The number of carbonyl (C=O) groups excluding carboxylic acids is 1. The van der Waals surface area contributed by atoms with E-state index < -0.39 is 0 Å². The van der Waals surface area contributed by atoms with E-state index in [0.717, 1.165) is 50.4 Å². The van der Waals surface area contributed by atoms with Crippen molar-refractivity contribution < 1.29 is 9.53 Å². The van der Waals surface area contributed by atoms with Gasteiger partial charge < -0.3 is 4.74 Å². The van der Waals surface area contributed by atoms with Crippen LogP contribution in [0.2, 0.25) is 0 Å². The van der Waals surface area contributed by atoms with Crippen molar-refractivity contribution in [2.45, 2.75) is 52.5 Å². The van der Waals surface area contributed by atoms with Crippen LogP contribution in [0.15, 0.2) is 18.2 Å². The standard InChI is InChI=1S/C18H27NO2.ClH/c1-3-4-10-21-18-12-16(11-17(13-18)15(2)20)14-19-8-6-5-7-9-19;/h11-13H,3-10,14H2,1-2H3;1H. The number of piperidine rings is 1. The SMILES string of the molecule is CCCCOc1cc(CN2CCCCC2)cc(C(C)=O)c1.Cl. The lowest BCUT2D eigenvalue weighted by molar-refractivity contribution is 0.101. The summed E-state index contributed by atoms with van der Waals surface area (Å²) >= 11 is 0. The van der Waals surface area contributed by atoms with Crippen LogP contribution < -0.4 is 4.74 Å². The van der Waals surface area contributed by atoms with Crippen LogP contribution in [0.3, 0.4) is 0 Å². The second-order valence-corrected chi connectivity index (χ2v) is 5.96. The Morgan fingerprint density at radius 2 is 1.91 bits per heavy atom. The van der Waals surface area contributed by atoms with Crippen molar-refractivity contribution in [3.05, 3.63) is 29.3 Å². The fourth-order valence-electron chi connectivity index (χ4n) is 2.75. The monoisotopic (exact) mass is 325 g/mol. The van der Waals surface area contributed by atoms with Gasteiger partial charge in [-0.3, -0.25) is 9.69 Å². The summed E-state index contributed by atoms with van der Waals surface area (Å²) in [6, 6.07) is 5.98. The third kappa shape index (κ3) is 5.98. The van der Waals surface area contributed by atoms with E-state index >= 15 is 0 Å². The summed E-state index contributed by atoms with van der Waals surface area (Å²) in [6.45, 7) is 7.74. The van der Waals surface area contributed by atoms with Crippen LogP contribution in [0.25, 0.3) is 0 Å². The molecule has 0 saturated carbocycles. The quantitative estimate of drug-likeness (QED) is 0.547. The molecule has 0 radical (unpaired) electrons. The van der Waals surface area contributed by atoms with Crippen molar-refractivity contribution in [3.63, 3.8) is 0 Å². The summed E-state index contributed by atoms with van der Waals surface area (Å²) in [6.07, 6.45) is 6.08. The fraction of sp³-hybridized carbons (Fsp3) is 0.611. The highest BCUT2D eigenvalue weighted by atomic mass is 35.5. The molecule has 1 aliphatic heterocycles. The maximum Gasteiger partial charge on any atom is 0.159 e. The molecule has 2 rings (SSSR count). The number of rotatable bonds is 7. The Labute approximate surface area is 140 Å². The zero-order chi connectivity index (χ0) is 15.1. The molecule has 1 aliphatic rings. The first kappa shape index (κ1) is 19.0. The van der Waals surface area contributed by atoms with E-state index in [9.17, 15) is 4.79 Å². The van der Waals surface area contributed by atoms with Crippen LogP contribution >= 0.6 is 12.4 Å². The first-order valence-electron chi connectivity index (χ1n) is 8.19. The Kier molecular flexibility index (Phi) is 8.51. The minimum absolute atomic E-state index is 0. The molecule has 22 heavy (non-hydrogen) atoms. The van der Waals surface area contributed by atoms with Gasteiger partial charge in [0.2, 0.25) is 0 Å². The number of likely N-dealkylation sites (tertiary alicyclic amines) is 1. The average Bonchev–Trinajstić information content (AvgIpc) is 2.48. The minimum Gasteiger partial charge on any atom is -0.494 e. The lowest BCUT2D eigenvalue weighted by Crippen LogP contribution is -2.29. The average molecular weight is 326 g/mol. The molecular weight excluding hydrogens is 298 g/mol. The topological polar surface area (TPSA) is 29.5 Å². The number of hydrogen-bond donors (Lipinski definition) is 0. The Hall–Kier alpha value is -1.06. The molecule has 0 atom stereocenters. The molecule has 0 bridgehead atoms. The Balaban J connectivity index is 0.00000242. The molecule has 0 aromatic heterocycles. The first-order valence-corrected chi connectivity index (χ1v) is 8.19. The second-order valence-electron chi connectivity index (χ2n) is 5.96. The largest absolute Gasteiger partial charge is 0.494 e. The van der Waals surface area contributed by atoms with Gasteiger partial charge in [0, 0.05) is 12.1 Å². The number of halogens is 1. The van der Waals surface area contributed by atoms with Crippen LogP contribution in [0.5, 0.6) is 5.75 Å². The van der Waals surface area contributed by atoms with E-state index in [1.807, 2.05) is 12.1 Å². The normalized spacial score (nSPS) is 15.2. The third-order valence-corrected chi connectivity index (χ3v) is 3.99. The molecule has 1 saturated heterocycles. The van der Waals surface area contributed by atoms with Gasteiger partial charge in [-0.1, -0.05) is 19.8 Å². The Bertz CT molecular complexity index is 470. The van der Waals surface area contributed by atoms with Crippen molar-refractivity contribution in [2.24, 2.45) is 0 Å². The van der Waals surface area contributed by atoms with Gasteiger partial charge in [-0.05, 0) is 63.0 Å². The van der Waals surface area contributed by atoms with Gasteiger partial charge in [-0.2, -0.15) is 0 Å². The number of ether oxygens (including phenoxy) is 1. The molecule has 1 aromatic carbocycles. The summed E-state index contributed by atoms with van der Waals surface area (Å²) in [4.78, 5) is 14.2. The smallest absolute Gasteiger partial charge is 0.159 e. The van der Waals surface area contributed by atoms with Crippen molar-refractivity contribution in [3.8, 4) is 5.75 Å². The number of nitrogens with zero attached hydrogens (tertiary/aromatic N) is 1. The number of ketones is 1. The van der Waals surface area contributed by atoms with Crippen molar-refractivity contribution >= 4 is 18.2 Å². The zero-order valence-corrected chi connectivity index (χ0v) is 14.6. The Morgan fingerprint density at radius 1 is 1.18 bits per heavy atom. The van der Waals surface area contributed by atoms with Crippen LogP contribution in [-0.2, 0) is 6.54 Å². The molecule has 0 unspecified atom stereocenters. The number of carbonyl (C=O) groups is 1. The summed E-state index contributed by atoms with van der Waals surface area (Å²) in [5.74, 6) is 0.944. The molecule has 1 fully saturated rings. The highest BCUT2D eigenvalue weighted by Gasteiger charge is 2.12. The van der Waals surface area contributed by atoms with E-state index in [0.29, 0.717) is 0 Å². The molecule has 4 heteroatoms. The molecular formula is C18H28ClNO2. The summed E-state index contributed by atoms with van der Waals surface area (Å²) in [5.41, 5.74) is 1.95. The summed E-state index contributed by atoms with van der Waals surface area (Å²) in [5, 5.41) is 0. The molecule has 0 amide bonds. The Morgan fingerprint density at radius 3 is 2.55 bits per heavy atom. The second kappa shape index (κ2) is 9.86. The predicted octanol–water partition coefficient (Wildman–Crippen LogP) is 4.48. The lowest BCUT2D eigenvalue weighted by Gasteiger charge is -2.26. The molecule has 1 aromatic rings. The summed E-state index contributed by atoms with van der Waals surface area (Å²) in [7, 11) is 0. The maximum absolute atomic E-state index is 11.7. The van der Waals surface area contributed by atoms with Crippen LogP contribution in [0.4, 0.5) is 0 Å². The van der Waals surface area contributed by atoms with E-state index in [2.05, 4.69) is 17.9 Å². The van der Waals surface area contributed by atoms with E-state index in [4.69, 9.17) is 4.74 Å². The lowest BCUT2D eigenvalue weighted by atomic mass is 10.1. The van der Waals surface area contributed by atoms with Gasteiger partial charge in [0.1, 0.15) is 5.75 Å². The van der Waals surface area contributed by atoms with Gasteiger partial charge in [-0.25, -0.2) is 0 Å². The molecule has 1 heterocycles. The van der Waals surface area contributed by atoms with Crippen molar-refractivity contribution in [2.75, 3.05) is 19.7 Å². The zero-order valence-electron chi connectivity index (χ0n) is 13.8. The molecule has 124 valence electrons. The molecule has 0 aliphatic carbocycles. The predicted molar refractivity (Wildman–Crippen MR) is 93.2 cm³/mol. The number of benzene rings is 1. The summed E-state index contributed by atoms with van der Waals surface area (Å²) < 4.78 is 5.80. The minimum atomic E-state index is 0. The number of Topliss-reactive ketones (excluding diaryl/α,β-unsaturated/α-hetero) is 1. The fourth-order valence-corrected chi connectivity index (χ4v) is 2.75. The van der Waals surface area contributed by atoms with Gasteiger partial charge in [0.05, 0.1) is 6.61 Å². The molecule has 0 N–H and O–H groups in total. The van der Waals surface area contributed by atoms with Crippen LogP contribution in [0, 0.1) is 0 Å². The third-order valence-electron chi connectivity index (χ3n) is 3.99. The van der Waals surface area contributed by atoms with Crippen LogP contribution in [0.1, 0.15) is 61.9 Å². The first-order chi connectivity index (χ1) is 10.2. The van der Waals surface area contributed by atoms with Gasteiger partial charge in [0.25, 0.3) is 0 Å². The molecule has 3 nitrogen and oxygen atoms in total. The van der Waals surface area contributed by atoms with E-state index in [1.54, 1.807) is 6.92 Å². The number of unbranched alkanes of at least 4 members (excludes halogenated alkanes) is 1. The van der Waals surface area contributed by atoms with E-state index in [-0.39, 0.29) is 18.2 Å². The van der Waals surface area contributed by atoms with Crippen molar-refractivity contribution in [1.82, 2.24) is 4.90 Å². The van der Waals surface area contributed by atoms with Gasteiger partial charge in [-0.15, -0.1) is 12.4 Å². The van der Waals surface area contributed by atoms with Crippen molar-refractivity contribution in [1.29, 1.82) is 0 Å². The molecule has 0 spiro atoms. The van der Waals surface area contributed by atoms with Gasteiger partial charge >= 0.3 is 0 Å². The maximum atomic E-state index is 11.7.